The van der Waals surface area contributed by atoms with Gasteiger partial charge in [-0.3, -0.25) is 9.59 Å². The van der Waals surface area contributed by atoms with Crippen molar-refractivity contribution < 1.29 is 9.59 Å². The van der Waals surface area contributed by atoms with E-state index in [9.17, 15) is 9.59 Å². The second kappa shape index (κ2) is 4.21. The van der Waals surface area contributed by atoms with Gasteiger partial charge in [0.15, 0.2) is 5.78 Å². The molecule has 1 amide bonds. The van der Waals surface area contributed by atoms with E-state index in [0.717, 1.165) is 0 Å². The summed E-state index contributed by atoms with van der Waals surface area (Å²) in [6.45, 7) is 1.50. The minimum atomic E-state index is -0.529. The molecule has 0 aliphatic heterocycles. The molecule has 17 heavy (non-hydrogen) atoms. The SMILES string of the molecule is CC(=O)c1cccc(-n2cc(C(N)=O)cn2)c1. The van der Waals surface area contributed by atoms with Crippen LogP contribution in [0.5, 0.6) is 0 Å². The maximum atomic E-state index is 11.2. The zero-order valence-corrected chi connectivity index (χ0v) is 9.25. The Bertz CT molecular complexity index is 587. The van der Waals surface area contributed by atoms with Gasteiger partial charge in [0, 0.05) is 11.8 Å². The van der Waals surface area contributed by atoms with E-state index in [1.54, 1.807) is 24.3 Å². The van der Waals surface area contributed by atoms with Crippen LogP contribution >= 0.6 is 0 Å². The monoisotopic (exact) mass is 229 g/mol. The minimum Gasteiger partial charge on any atom is -0.366 e. The van der Waals surface area contributed by atoms with Crippen LogP contribution in [-0.2, 0) is 0 Å². The Morgan fingerprint density at radius 3 is 2.65 bits per heavy atom. The third-order valence-electron chi connectivity index (χ3n) is 2.38. The van der Waals surface area contributed by atoms with Crippen molar-refractivity contribution in [3.63, 3.8) is 0 Å². The Balaban J connectivity index is 2.42. The van der Waals surface area contributed by atoms with Crippen molar-refractivity contribution in [2.45, 2.75) is 6.92 Å². The maximum absolute atomic E-state index is 11.2. The minimum absolute atomic E-state index is 0.0193. The van der Waals surface area contributed by atoms with Gasteiger partial charge < -0.3 is 5.73 Å². The van der Waals surface area contributed by atoms with Gasteiger partial charge in [-0.15, -0.1) is 0 Å². The largest absolute Gasteiger partial charge is 0.366 e. The van der Waals surface area contributed by atoms with E-state index < -0.39 is 5.91 Å². The molecule has 0 spiro atoms. The molecule has 1 heterocycles. The first kappa shape index (κ1) is 11.1. The summed E-state index contributed by atoms with van der Waals surface area (Å²) in [5.74, 6) is -0.548. The predicted molar refractivity (Wildman–Crippen MR) is 62.1 cm³/mol. The molecular weight excluding hydrogens is 218 g/mol. The summed E-state index contributed by atoms with van der Waals surface area (Å²) in [7, 11) is 0. The number of nitrogens with zero attached hydrogens (tertiary/aromatic N) is 2. The Kier molecular flexibility index (Phi) is 2.74. The van der Waals surface area contributed by atoms with Gasteiger partial charge in [0.2, 0.25) is 0 Å². The van der Waals surface area contributed by atoms with E-state index in [2.05, 4.69) is 5.10 Å². The highest BCUT2D eigenvalue weighted by atomic mass is 16.1. The molecule has 0 unspecified atom stereocenters. The summed E-state index contributed by atoms with van der Waals surface area (Å²) in [5, 5.41) is 4.01. The van der Waals surface area contributed by atoms with E-state index in [1.807, 2.05) is 0 Å². The number of carbonyl (C=O) groups excluding carboxylic acids is 2. The van der Waals surface area contributed by atoms with Gasteiger partial charge in [0.05, 0.1) is 17.4 Å². The lowest BCUT2D eigenvalue weighted by molar-refractivity contribution is 0.0996. The van der Waals surface area contributed by atoms with Crippen LogP contribution in [0.2, 0.25) is 0 Å². The molecule has 2 aromatic rings. The van der Waals surface area contributed by atoms with Crippen LogP contribution in [0.4, 0.5) is 0 Å². The average molecular weight is 229 g/mol. The number of aromatic nitrogens is 2. The number of hydrogen-bond acceptors (Lipinski definition) is 3. The number of amides is 1. The number of rotatable bonds is 3. The van der Waals surface area contributed by atoms with Gasteiger partial charge in [-0.25, -0.2) is 4.68 Å². The predicted octanol–water partition coefficient (Wildman–Crippen LogP) is 1.17. The van der Waals surface area contributed by atoms with Crippen LogP contribution in [0.25, 0.3) is 5.69 Å². The van der Waals surface area contributed by atoms with Gasteiger partial charge in [-0.1, -0.05) is 12.1 Å². The van der Waals surface area contributed by atoms with Crippen LogP contribution in [0.3, 0.4) is 0 Å². The Morgan fingerprint density at radius 2 is 2.06 bits per heavy atom. The molecule has 0 bridgehead atoms. The molecule has 5 heteroatoms. The summed E-state index contributed by atoms with van der Waals surface area (Å²) in [5.41, 5.74) is 6.78. The molecule has 0 saturated carbocycles. The molecule has 1 aromatic carbocycles. The fourth-order valence-corrected chi connectivity index (χ4v) is 1.46. The average Bonchev–Trinajstić information content (AvgIpc) is 2.78. The van der Waals surface area contributed by atoms with Crippen molar-refractivity contribution in [1.82, 2.24) is 9.78 Å². The maximum Gasteiger partial charge on any atom is 0.251 e. The summed E-state index contributed by atoms with van der Waals surface area (Å²) in [6.07, 6.45) is 2.92. The molecule has 0 radical (unpaired) electrons. The van der Waals surface area contributed by atoms with E-state index in [-0.39, 0.29) is 5.78 Å². The first-order valence-electron chi connectivity index (χ1n) is 5.04. The molecule has 86 valence electrons. The first-order valence-corrected chi connectivity index (χ1v) is 5.04. The summed E-state index contributed by atoms with van der Waals surface area (Å²) >= 11 is 0. The van der Waals surface area contributed by atoms with E-state index in [4.69, 9.17) is 5.73 Å². The van der Waals surface area contributed by atoms with Crippen LogP contribution in [0, 0.1) is 0 Å². The van der Waals surface area contributed by atoms with Gasteiger partial charge >= 0.3 is 0 Å². The van der Waals surface area contributed by atoms with Crippen molar-refractivity contribution in [1.29, 1.82) is 0 Å². The van der Waals surface area contributed by atoms with Gasteiger partial charge in [-0.05, 0) is 19.1 Å². The van der Waals surface area contributed by atoms with Crippen LogP contribution in [-0.4, -0.2) is 21.5 Å². The topological polar surface area (TPSA) is 78.0 Å². The van der Waals surface area contributed by atoms with Crippen molar-refractivity contribution in [2.24, 2.45) is 5.73 Å². The molecule has 2 rings (SSSR count). The molecule has 0 aliphatic carbocycles. The highest BCUT2D eigenvalue weighted by Crippen LogP contribution is 2.11. The molecule has 2 N–H and O–H groups in total. The number of Topliss-reactive ketones (excluding diaryl/α,β-unsaturated/α-hetero) is 1. The quantitative estimate of drug-likeness (QED) is 0.802. The molecule has 5 nitrogen and oxygen atoms in total. The van der Waals surface area contributed by atoms with Gasteiger partial charge in [0.1, 0.15) is 0 Å². The normalized spacial score (nSPS) is 10.2. The van der Waals surface area contributed by atoms with E-state index in [1.165, 1.54) is 24.0 Å². The van der Waals surface area contributed by atoms with E-state index in [0.29, 0.717) is 16.8 Å². The van der Waals surface area contributed by atoms with Crippen molar-refractivity contribution >= 4 is 11.7 Å². The smallest absolute Gasteiger partial charge is 0.251 e. The lowest BCUT2D eigenvalue weighted by Crippen LogP contribution is -2.09. The number of benzene rings is 1. The Morgan fingerprint density at radius 1 is 1.29 bits per heavy atom. The number of primary amides is 1. The summed E-state index contributed by atoms with van der Waals surface area (Å²) in [6, 6.07) is 6.99. The molecule has 0 fully saturated rings. The molecular formula is C12H11N3O2. The number of hydrogen-bond donors (Lipinski definition) is 1. The highest BCUT2D eigenvalue weighted by molar-refractivity contribution is 5.94. The summed E-state index contributed by atoms with van der Waals surface area (Å²) in [4.78, 5) is 22.2. The lowest BCUT2D eigenvalue weighted by atomic mass is 10.1. The second-order valence-corrected chi connectivity index (χ2v) is 3.64. The molecule has 0 aliphatic rings. The van der Waals surface area contributed by atoms with Gasteiger partial charge in [0.25, 0.3) is 5.91 Å². The number of ketones is 1. The fraction of sp³-hybridized carbons (Fsp3) is 0.0833. The third-order valence-corrected chi connectivity index (χ3v) is 2.38. The third kappa shape index (κ3) is 2.23. The Hall–Kier alpha value is -2.43. The first-order chi connectivity index (χ1) is 8.08. The number of carbonyl (C=O) groups is 2. The fourth-order valence-electron chi connectivity index (χ4n) is 1.46. The highest BCUT2D eigenvalue weighted by Gasteiger charge is 2.06. The Labute approximate surface area is 97.9 Å². The molecule has 0 atom stereocenters. The lowest BCUT2D eigenvalue weighted by Gasteiger charge is -2.02. The van der Waals surface area contributed by atoms with E-state index >= 15 is 0 Å². The zero-order valence-electron chi connectivity index (χ0n) is 9.25. The second-order valence-electron chi connectivity index (χ2n) is 3.64. The van der Waals surface area contributed by atoms with Crippen molar-refractivity contribution in [3.05, 3.63) is 47.8 Å². The zero-order chi connectivity index (χ0) is 12.4. The van der Waals surface area contributed by atoms with Crippen LogP contribution in [0.15, 0.2) is 36.7 Å². The molecule has 0 saturated heterocycles. The van der Waals surface area contributed by atoms with Crippen molar-refractivity contribution in [3.8, 4) is 5.69 Å². The van der Waals surface area contributed by atoms with Crippen LogP contribution < -0.4 is 5.73 Å². The standard InChI is InChI=1S/C12H11N3O2/c1-8(16)9-3-2-4-11(5-9)15-7-10(6-14-15)12(13)17/h2-7H,1H3,(H2,13,17). The van der Waals surface area contributed by atoms with Gasteiger partial charge in [-0.2, -0.15) is 5.10 Å². The molecule has 1 aromatic heterocycles. The number of nitrogens with two attached hydrogens (primary N) is 1. The van der Waals surface area contributed by atoms with Crippen LogP contribution in [0.1, 0.15) is 27.6 Å². The summed E-state index contributed by atoms with van der Waals surface area (Å²) < 4.78 is 1.51. The van der Waals surface area contributed by atoms with Crippen molar-refractivity contribution in [2.75, 3.05) is 0 Å².